The zero-order chi connectivity index (χ0) is 16.4. The summed E-state index contributed by atoms with van der Waals surface area (Å²) in [6, 6.07) is 3.66. The molecule has 1 unspecified atom stereocenters. The molecule has 9 heteroatoms. The molecule has 0 fully saturated rings. The van der Waals surface area contributed by atoms with Crippen LogP contribution < -0.4 is 11.3 Å². The van der Waals surface area contributed by atoms with Crippen LogP contribution in [0.2, 0.25) is 0 Å². The Kier molecular flexibility index (Phi) is 5.26. The van der Waals surface area contributed by atoms with Gasteiger partial charge >= 0.3 is 5.69 Å². The smallest absolute Gasteiger partial charge is 0.313 e. The Bertz CT molecular complexity index is 630. The third-order valence-corrected chi connectivity index (χ3v) is 5.51. The first-order valence-electron chi connectivity index (χ1n) is 6.36. The minimum atomic E-state index is -4.00. The van der Waals surface area contributed by atoms with Crippen molar-refractivity contribution in [1.82, 2.24) is 4.31 Å². The number of nitrogens with one attached hydrogen (secondary N) is 1. The monoisotopic (exact) mass is 316 g/mol. The molecule has 118 valence electrons. The van der Waals surface area contributed by atoms with Gasteiger partial charge in [0.15, 0.2) is 4.90 Å². The maximum absolute atomic E-state index is 12.6. The van der Waals surface area contributed by atoms with Crippen LogP contribution in [0.25, 0.3) is 0 Å². The van der Waals surface area contributed by atoms with Crippen molar-refractivity contribution in [3.05, 3.63) is 28.3 Å². The summed E-state index contributed by atoms with van der Waals surface area (Å²) in [5, 5.41) is 11.2. The Morgan fingerprint density at radius 1 is 1.33 bits per heavy atom. The number of benzene rings is 1. The molecule has 0 heterocycles. The van der Waals surface area contributed by atoms with Crippen molar-refractivity contribution in [3.63, 3.8) is 0 Å². The highest BCUT2D eigenvalue weighted by Gasteiger charge is 2.34. The number of para-hydroxylation sites is 1. The van der Waals surface area contributed by atoms with E-state index in [2.05, 4.69) is 5.43 Å². The van der Waals surface area contributed by atoms with E-state index in [-0.39, 0.29) is 22.5 Å². The number of hydrogen-bond acceptors (Lipinski definition) is 6. The topological polar surface area (TPSA) is 119 Å². The molecule has 1 atom stereocenters. The number of nitro benzene ring substituents is 1. The molecule has 0 aliphatic heterocycles. The average Bonchev–Trinajstić information content (AvgIpc) is 2.44. The number of nitrogens with zero attached hydrogens (tertiary/aromatic N) is 2. The van der Waals surface area contributed by atoms with Gasteiger partial charge in [0.2, 0.25) is 10.0 Å². The van der Waals surface area contributed by atoms with E-state index < -0.39 is 20.6 Å². The van der Waals surface area contributed by atoms with E-state index in [1.54, 1.807) is 6.92 Å². The van der Waals surface area contributed by atoms with Crippen LogP contribution >= 0.6 is 0 Å². The molecule has 1 aromatic rings. The van der Waals surface area contributed by atoms with Crippen LogP contribution in [0.1, 0.15) is 20.8 Å². The number of hydrogen-bond donors (Lipinski definition) is 2. The van der Waals surface area contributed by atoms with Crippen LogP contribution in [0.4, 0.5) is 11.4 Å². The first kappa shape index (κ1) is 17.3. The predicted octanol–water partition coefficient (Wildman–Crippen LogP) is 1.55. The maximum Gasteiger partial charge on any atom is 0.313 e. The fourth-order valence-corrected chi connectivity index (χ4v) is 3.50. The summed E-state index contributed by atoms with van der Waals surface area (Å²) in [6.45, 7) is 5.50. The number of nitro groups is 1. The summed E-state index contributed by atoms with van der Waals surface area (Å²) < 4.78 is 26.4. The van der Waals surface area contributed by atoms with Crippen molar-refractivity contribution < 1.29 is 13.3 Å². The van der Waals surface area contributed by atoms with Crippen LogP contribution in [0.3, 0.4) is 0 Å². The summed E-state index contributed by atoms with van der Waals surface area (Å²) in [4.78, 5) is 10.1. The lowest BCUT2D eigenvalue weighted by atomic mass is 10.1. The summed E-state index contributed by atoms with van der Waals surface area (Å²) in [5.74, 6) is 5.29. The number of nitrogen functional groups attached to an aromatic ring is 1. The second kappa shape index (κ2) is 6.37. The third kappa shape index (κ3) is 3.31. The minimum absolute atomic E-state index is 0.0494. The van der Waals surface area contributed by atoms with E-state index in [4.69, 9.17) is 5.84 Å². The molecule has 3 N–H and O–H groups in total. The van der Waals surface area contributed by atoms with E-state index in [0.29, 0.717) is 0 Å². The minimum Gasteiger partial charge on any atom is -0.318 e. The highest BCUT2D eigenvalue weighted by Crippen LogP contribution is 2.33. The Morgan fingerprint density at radius 2 is 1.90 bits per heavy atom. The Hall–Kier alpha value is -1.71. The zero-order valence-electron chi connectivity index (χ0n) is 12.4. The van der Waals surface area contributed by atoms with Gasteiger partial charge in [0.05, 0.1) is 4.92 Å². The van der Waals surface area contributed by atoms with Crippen LogP contribution in [0.15, 0.2) is 23.1 Å². The van der Waals surface area contributed by atoms with Gasteiger partial charge in [-0.1, -0.05) is 19.9 Å². The van der Waals surface area contributed by atoms with Crippen molar-refractivity contribution >= 4 is 21.4 Å². The molecule has 0 amide bonds. The van der Waals surface area contributed by atoms with Crippen LogP contribution in [0, 0.1) is 16.0 Å². The van der Waals surface area contributed by atoms with Gasteiger partial charge in [-0.3, -0.25) is 16.0 Å². The Morgan fingerprint density at radius 3 is 2.33 bits per heavy atom. The molecule has 0 aromatic heterocycles. The largest absolute Gasteiger partial charge is 0.318 e. The molecule has 0 spiro atoms. The first-order valence-corrected chi connectivity index (χ1v) is 7.80. The van der Waals surface area contributed by atoms with Crippen molar-refractivity contribution in [2.45, 2.75) is 31.7 Å². The molecule has 1 aromatic carbocycles. The number of nitrogens with two attached hydrogens (primary N) is 1. The van der Waals surface area contributed by atoms with Crippen LogP contribution in [0.5, 0.6) is 0 Å². The molecular weight excluding hydrogens is 296 g/mol. The summed E-state index contributed by atoms with van der Waals surface area (Å²) in [7, 11) is -2.59. The van der Waals surface area contributed by atoms with Crippen LogP contribution in [-0.4, -0.2) is 30.7 Å². The van der Waals surface area contributed by atoms with Crippen molar-refractivity contribution in [2.75, 3.05) is 12.5 Å². The van der Waals surface area contributed by atoms with Gasteiger partial charge in [-0.05, 0) is 25.0 Å². The van der Waals surface area contributed by atoms with Crippen molar-refractivity contribution in [1.29, 1.82) is 0 Å². The second-order valence-corrected chi connectivity index (χ2v) is 7.03. The van der Waals surface area contributed by atoms with Gasteiger partial charge in [0, 0.05) is 13.1 Å². The lowest BCUT2D eigenvalue weighted by Gasteiger charge is -2.27. The van der Waals surface area contributed by atoms with Gasteiger partial charge in [-0.25, -0.2) is 8.42 Å². The molecule has 0 saturated carbocycles. The number of rotatable bonds is 6. The highest BCUT2D eigenvalue weighted by atomic mass is 32.2. The number of anilines is 1. The highest BCUT2D eigenvalue weighted by molar-refractivity contribution is 7.89. The first-order chi connectivity index (χ1) is 9.64. The van der Waals surface area contributed by atoms with Gasteiger partial charge in [0.25, 0.3) is 0 Å². The summed E-state index contributed by atoms with van der Waals surface area (Å²) >= 11 is 0. The normalized spacial score (nSPS) is 13.5. The lowest BCUT2D eigenvalue weighted by molar-refractivity contribution is -0.386. The van der Waals surface area contributed by atoms with Crippen molar-refractivity contribution in [3.8, 4) is 0 Å². The molecule has 0 aliphatic rings. The molecule has 21 heavy (non-hydrogen) atoms. The van der Waals surface area contributed by atoms with Gasteiger partial charge in [-0.15, -0.1) is 0 Å². The third-order valence-electron chi connectivity index (χ3n) is 3.53. The zero-order valence-corrected chi connectivity index (χ0v) is 13.2. The van der Waals surface area contributed by atoms with E-state index in [0.717, 1.165) is 4.31 Å². The summed E-state index contributed by atoms with van der Waals surface area (Å²) in [6.07, 6.45) is 0. The SMILES string of the molecule is CC(C)C(C)N(C)S(=O)(=O)c1cccc(NN)c1[N+](=O)[O-]. The quantitative estimate of drug-likeness (QED) is 0.467. The fourth-order valence-electron chi connectivity index (χ4n) is 1.83. The summed E-state index contributed by atoms with van der Waals surface area (Å²) in [5.41, 5.74) is 1.55. The van der Waals surface area contributed by atoms with E-state index in [9.17, 15) is 18.5 Å². The predicted molar refractivity (Wildman–Crippen MR) is 80.2 cm³/mol. The van der Waals surface area contributed by atoms with E-state index in [1.807, 2.05) is 13.8 Å². The number of sulfonamides is 1. The van der Waals surface area contributed by atoms with Crippen molar-refractivity contribution in [2.24, 2.45) is 11.8 Å². The number of hydrazine groups is 1. The Balaban J connectivity index is 3.49. The Labute approximate surface area is 124 Å². The molecule has 8 nitrogen and oxygen atoms in total. The maximum atomic E-state index is 12.6. The molecule has 1 rings (SSSR count). The van der Waals surface area contributed by atoms with Gasteiger partial charge in [0.1, 0.15) is 5.69 Å². The molecular formula is C12H20N4O4S. The second-order valence-electron chi connectivity index (χ2n) is 5.06. The molecule has 0 bridgehead atoms. The van der Waals surface area contributed by atoms with Gasteiger partial charge in [-0.2, -0.15) is 4.31 Å². The average molecular weight is 316 g/mol. The van der Waals surface area contributed by atoms with E-state index >= 15 is 0 Å². The van der Waals surface area contributed by atoms with Gasteiger partial charge < -0.3 is 5.43 Å². The van der Waals surface area contributed by atoms with Crippen LogP contribution in [-0.2, 0) is 10.0 Å². The van der Waals surface area contributed by atoms with E-state index in [1.165, 1.54) is 25.2 Å². The fraction of sp³-hybridized carbons (Fsp3) is 0.500. The lowest BCUT2D eigenvalue weighted by Crippen LogP contribution is -2.38. The molecule has 0 saturated heterocycles. The molecule has 0 aliphatic carbocycles. The molecule has 0 radical (unpaired) electrons. The standard InChI is InChI=1S/C12H20N4O4S/c1-8(2)9(3)15(4)21(19,20)11-7-5-6-10(14-13)12(11)16(17)18/h5-9,14H,13H2,1-4H3.